The molecule has 0 N–H and O–H groups in total. The van der Waals surface area contributed by atoms with Gasteiger partial charge in [0.1, 0.15) is 11.3 Å². The van der Waals surface area contributed by atoms with Crippen molar-refractivity contribution in [1.82, 2.24) is 14.5 Å². The summed E-state index contributed by atoms with van der Waals surface area (Å²) in [4.78, 5) is 9.29. The first kappa shape index (κ1) is 13.8. The molecule has 2 aromatic heterocycles. The summed E-state index contributed by atoms with van der Waals surface area (Å²) in [6.07, 6.45) is 5.17. The lowest BCUT2D eigenvalue weighted by atomic mass is 9.88. The molecule has 3 rings (SSSR count). The van der Waals surface area contributed by atoms with E-state index in [0.29, 0.717) is 18.0 Å². The second-order valence-corrected chi connectivity index (χ2v) is 5.77. The number of hydrogen-bond acceptors (Lipinski definition) is 3. The second-order valence-electron chi connectivity index (χ2n) is 5.39. The van der Waals surface area contributed by atoms with E-state index in [9.17, 15) is 0 Å². The molecule has 0 bridgehead atoms. The fourth-order valence-corrected chi connectivity index (χ4v) is 3.06. The van der Waals surface area contributed by atoms with E-state index in [1.54, 1.807) is 0 Å². The predicted molar refractivity (Wildman–Crippen MR) is 80.4 cm³/mol. The van der Waals surface area contributed by atoms with Gasteiger partial charge in [0.25, 0.3) is 0 Å². The standard InChI is InChI=1S/C15H20ClN3O/c1-3-20-12-7-11(8-12)19-14(4-5-16)18-13-6-10(2)9-17-15(13)19/h6,9,11-12H,3-5,7-8H2,1-2H3. The van der Waals surface area contributed by atoms with E-state index >= 15 is 0 Å². The first-order valence-corrected chi connectivity index (χ1v) is 7.77. The highest BCUT2D eigenvalue weighted by Gasteiger charge is 2.33. The van der Waals surface area contributed by atoms with Gasteiger partial charge in [0.05, 0.1) is 6.10 Å². The summed E-state index contributed by atoms with van der Waals surface area (Å²) in [6, 6.07) is 2.54. The molecular weight excluding hydrogens is 274 g/mol. The zero-order valence-corrected chi connectivity index (χ0v) is 12.7. The van der Waals surface area contributed by atoms with Gasteiger partial charge in [-0.3, -0.25) is 0 Å². The van der Waals surface area contributed by atoms with Crippen molar-refractivity contribution in [2.45, 2.75) is 45.3 Å². The van der Waals surface area contributed by atoms with Crippen molar-refractivity contribution in [3.63, 3.8) is 0 Å². The van der Waals surface area contributed by atoms with E-state index in [1.165, 1.54) is 0 Å². The molecule has 108 valence electrons. The van der Waals surface area contributed by atoms with Gasteiger partial charge in [-0.25, -0.2) is 9.97 Å². The average Bonchev–Trinajstić information content (AvgIpc) is 2.71. The molecule has 0 amide bonds. The molecule has 2 aromatic rings. The fourth-order valence-electron chi connectivity index (χ4n) is 2.89. The third-order valence-electron chi connectivity index (χ3n) is 3.90. The Balaban J connectivity index is 1.93. The molecule has 5 heteroatoms. The molecule has 0 atom stereocenters. The first-order chi connectivity index (χ1) is 9.72. The summed E-state index contributed by atoms with van der Waals surface area (Å²) in [6.45, 7) is 4.87. The van der Waals surface area contributed by atoms with Crippen LogP contribution in [0.25, 0.3) is 11.2 Å². The molecule has 0 radical (unpaired) electrons. The van der Waals surface area contributed by atoms with E-state index in [2.05, 4.69) is 15.6 Å². The molecule has 0 aliphatic heterocycles. The Hall–Kier alpha value is -1.13. The summed E-state index contributed by atoms with van der Waals surface area (Å²) >= 11 is 5.91. The van der Waals surface area contributed by atoms with Crippen LogP contribution in [0.1, 0.15) is 37.2 Å². The number of rotatable bonds is 5. The lowest BCUT2D eigenvalue weighted by Crippen LogP contribution is -2.34. The van der Waals surface area contributed by atoms with Crippen molar-refractivity contribution in [1.29, 1.82) is 0 Å². The van der Waals surface area contributed by atoms with Crippen LogP contribution in [-0.4, -0.2) is 33.1 Å². The van der Waals surface area contributed by atoms with Gasteiger partial charge in [0, 0.05) is 31.1 Å². The summed E-state index contributed by atoms with van der Waals surface area (Å²) in [5.74, 6) is 1.64. The zero-order valence-electron chi connectivity index (χ0n) is 12.0. The number of fused-ring (bicyclic) bond motifs is 1. The molecule has 1 aliphatic carbocycles. The average molecular weight is 294 g/mol. The highest BCUT2D eigenvalue weighted by atomic mass is 35.5. The number of nitrogens with zero attached hydrogens (tertiary/aromatic N) is 3. The molecule has 0 spiro atoms. The summed E-state index contributed by atoms with van der Waals surface area (Å²) < 4.78 is 7.93. The van der Waals surface area contributed by atoms with Crippen molar-refractivity contribution in [3.8, 4) is 0 Å². The highest BCUT2D eigenvalue weighted by Crippen LogP contribution is 2.37. The summed E-state index contributed by atoms with van der Waals surface area (Å²) in [5, 5.41) is 0. The fraction of sp³-hybridized carbons (Fsp3) is 0.600. The van der Waals surface area contributed by atoms with E-state index in [4.69, 9.17) is 21.3 Å². The number of ether oxygens (including phenoxy) is 1. The van der Waals surface area contributed by atoms with Gasteiger partial charge in [0.2, 0.25) is 0 Å². The van der Waals surface area contributed by atoms with Crippen LogP contribution < -0.4 is 0 Å². The van der Waals surface area contributed by atoms with Gasteiger partial charge < -0.3 is 9.30 Å². The van der Waals surface area contributed by atoms with Crippen LogP contribution in [0.2, 0.25) is 0 Å². The molecule has 1 aliphatic rings. The Labute approximate surface area is 124 Å². The van der Waals surface area contributed by atoms with Gasteiger partial charge >= 0.3 is 0 Å². The monoisotopic (exact) mass is 293 g/mol. The van der Waals surface area contributed by atoms with E-state index < -0.39 is 0 Å². The Kier molecular flexibility index (Phi) is 3.94. The third kappa shape index (κ3) is 2.42. The molecule has 0 unspecified atom stereocenters. The van der Waals surface area contributed by atoms with Crippen molar-refractivity contribution < 1.29 is 4.74 Å². The smallest absolute Gasteiger partial charge is 0.160 e. The quantitative estimate of drug-likeness (QED) is 0.795. The van der Waals surface area contributed by atoms with Crippen molar-refractivity contribution in [2.24, 2.45) is 0 Å². The van der Waals surface area contributed by atoms with Crippen LogP contribution in [0.15, 0.2) is 12.3 Å². The van der Waals surface area contributed by atoms with Crippen molar-refractivity contribution in [2.75, 3.05) is 12.5 Å². The van der Waals surface area contributed by atoms with E-state index in [1.807, 2.05) is 20.0 Å². The van der Waals surface area contributed by atoms with Crippen LogP contribution in [0, 0.1) is 6.92 Å². The number of pyridine rings is 1. The topological polar surface area (TPSA) is 39.9 Å². The Bertz CT molecular complexity index is 604. The minimum atomic E-state index is 0.386. The van der Waals surface area contributed by atoms with Crippen LogP contribution >= 0.6 is 11.6 Å². The van der Waals surface area contributed by atoms with Crippen LogP contribution in [-0.2, 0) is 11.2 Å². The number of aryl methyl sites for hydroxylation is 2. The maximum atomic E-state index is 5.91. The molecule has 0 saturated heterocycles. The van der Waals surface area contributed by atoms with Crippen LogP contribution in [0.3, 0.4) is 0 Å². The molecule has 0 aromatic carbocycles. The summed E-state index contributed by atoms with van der Waals surface area (Å²) in [7, 11) is 0. The van der Waals surface area contributed by atoms with Gasteiger partial charge in [-0.15, -0.1) is 11.6 Å². The zero-order chi connectivity index (χ0) is 14.1. The predicted octanol–water partition coefficient (Wildman–Crippen LogP) is 3.26. The third-order valence-corrected chi connectivity index (χ3v) is 4.08. The lowest BCUT2D eigenvalue weighted by molar-refractivity contribution is -0.0194. The second kappa shape index (κ2) is 5.70. The Morgan fingerprint density at radius 2 is 2.25 bits per heavy atom. The van der Waals surface area contributed by atoms with Gasteiger partial charge in [-0.1, -0.05) is 0 Å². The summed E-state index contributed by atoms with van der Waals surface area (Å²) in [5.41, 5.74) is 3.10. The first-order valence-electron chi connectivity index (χ1n) is 7.24. The number of alkyl halides is 1. The molecular formula is C15H20ClN3O. The van der Waals surface area contributed by atoms with Gasteiger partial charge in [0.15, 0.2) is 5.65 Å². The minimum absolute atomic E-state index is 0.386. The molecule has 2 heterocycles. The van der Waals surface area contributed by atoms with E-state index in [-0.39, 0.29) is 0 Å². The Morgan fingerprint density at radius 1 is 1.45 bits per heavy atom. The molecule has 4 nitrogen and oxygen atoms in total. The molecule has 1 fully saturated rings. The van der Waals surface area contributed by atoms with Crippen LogP contribution in [0.5, 0.6) is 0 Å². The van der Waals surface area contributed by atoms with Gasteiger partial charge in [-0.05, 0) is 38.3 Å². The highest BCUT2D eigenvalue weighted by molar-refractivity contribution is 6.17. The maximum absolute atomic E-state index is 5.91. The number of halogens is 1. The lowest BCUT2D eigenvalue weighted by Gasteiger charge is -2.36. The van der Waals surface area contributed by atoms with Crippen molar-refractivity contribution >= 4 is 22.8 Å². The van der Waals surface area contributed by atoms with Crippen molar-refractivity contribution in [3.05, 3.63) is 23.7 Å². The molecule has 1 saturated carbocycles. The van der Waals surface area contributed by atoms with Crippen LogP contribution in [0.4, 0.5) is 0 Å². The number of aromatic nitrogens is 3. The minimum Gasteiger partial charge on any atom is -0.378 e. The Morgan fingerprint density at radius 3 is 2.95 bits per heavy atom. The largest absolute Gasteiger partial charge is 0.378 e. The van der Waals surface area contributed by atoms with E-state index in [0.717, 1.165) is 48.4 Å². The number of hydrogen-bond donors (Lipinski definition) is 0. The maximum Gasteiger partial charge on any atom is 0.160 e. The molecule has 20 heavy (non-hydrogen) atoms. The normalized spacial score (nSPS) is 22.1. The van der Waals surface area contributed by atoms with Gasteiger partial charge in [-0.2, -0.15) is 0 Å². The SMILES string of the molecule is CCOC1CC(n2c(CCCl)nc3cc(C)cnc32)C1. The number of imidazole rings is 1.